The fourth-order valence-corrected chi connectivity index (χ4v) is 2.94. The summed E-state index contributed by atoms with van der Waals surface area (Å²) >= 11 is 2.03. The van der Waals surface area contributed by atoms with Crippen molar-refractivity contribution in [2.45, 2.75) is 19.9 Å². The summed E-state index contributed by atoms with van der Waals surface area (Å²) < 4.78 is 0. The Kier molecular flexibility index (Phi) is 3.93. The monoisotopic (exact) mass is 237 g/mol. The molecule has 0 aromatic carbocycles. The van der Waals surface area contributed by atoms with E-state index in [0.717, 1.165) is 24.7 Å². The van der Waals surface area contributed by atoms with Gasteiger partial charge < -0.3 is 10.2 Å². The third-order valence-electron chi connectivity index (χ3n) is 2.75. The third-order valence-corrected chi connectivity index (χ3v) is 3.94. The minimum atomic E-state index is 0.586. The first kappa shape index (κ1) is 11.6. The summed E-state index contributed by atoms with van der Waals surface area (Å²) in [5.41, 5.74) is 0. The molecule has 1 aliphatic heterocycles. The molecule has 1 atom stereocenters. The minimum Gasteiger partial charge on any atom is -0.370 e. The van der Waals surface area contributed by atoms with Gasteiger partial charge in [0.15, 0.2) is 0 Å². The zero-order valence-corrected chi connectivity index (χ0v) is 10.8. The minimum absolute atomic E-state index is 0.586. The van der Waals surface area contributed by atoms with E-state index in [-0.39, 0.29) is 0 Å². The zero-order valence-electron chi connectivity index (χ0n) is 9.94. The van der Waals surface area contributed by atoms with Gasteiger partial charge in [0.1, 0.15) is 11.6 Å². The van der Waals surface area contributed by atoms with Crippen molar-refractivity contribution >= 4 is 23.4 Å². The maximum atomic E-state index is 4.64. The highest BCUT2D eigenvalue weighted by molar-refractivity contribution is 7.99. The largest absolute Gasteiger partial charge is 0.370 e. The van der Waals surface area contributed by atoms with Gasteiger partial charge in [-0.15, -0.1) is 0 Å². The Balaban J connectivity index is 2.15. The normalized spacial score (nSPS) is 20.9. The molecule has 0 radical (unpaired) electrons. The maximum Gasteiger partial charge on any atom is 0.131 e. The van der Waals surface area contributed by atoms with Crippen LogP contribution in [0.25, 0.3) is 0 Å². The van der Waals surface area contributed by atoms with Gasteiger partial charge in [0.2, 0.25) is 0 Å². The highest BCUT2D eigenvalue weighted by atomic mass is 32.2. The molecular formula is C12H19N3S. The average molecular weight is 237 g/mol. The predicted molar refractivity (Wildman–Crippen MR) is 72.5 cm³/mol. The van der Waals surface area contributed by atoms with Gasteiger partial charge in [-0.1, -0.05) is 6.07 Å². The van der Waals surface area contributed by atoms with Gasteiger partial charge in [0.05, 0.1) is 0 Å². The molecule has 1 aromatic rings. The van der Waals surface area contributed by atoms with Gasteiger partial charge in [-0.3, -0.25) is 0 Å². The lowest BCUT2D eigenvalue weighted by Gasteiger charge is -2.34. The van der Waals surface area contributed by atoms with E-state index in [1.165, 1.54) is 11.5 Å². The molecule has 1 unspecified atom stereocenters. The molecular weight excluding hydrogens is 218 g/mol. The molecule has 1 N–H and O–H groups in total. The van der Waals surface area contributed by atoms with E-state index in [9.17, 15) is 0 Å². The van der Waals surface area contributed by atoms with Crippen LogP contribution in [0.5, 0.6) is 0 Å². The van der Waals surface area contributed by atoms with Gasteiger partial charge >= 0.3 is 0 Å². The number of nitrogens with one attached hydrogen (secondary N) is 1. The van der Waals surface area contributed by atoms with Crippen LogP contribution in [-0.4, -0.2) is 35.6 Å². The van der Waals surface area contributed by atoms with Crippen molar-refractivity contribution in [2.24, 2.45) is 0 Å². The molecule has 0 spiro atoms. The topological polar surface area (TPSA) is 28.2 Å². The predicted octanol–water partition coefficient (Wildman–Crippen LogP) is 2.46. The Morgan fingerprint density at radius 1 is 1.56 bits per heavy atom. The lowest BCUT2D eigenvalue weighted by molar-refractivity contribution is 0.690. The summed E-state index contributed by atoms with van der Waals surface area (Å²) in [4.78, 5) is 7.04. The van der Waals surface area contributed by atoms with E-state index < -0.39 is 0 Å². The second-order valence-electron chi connectivity index (χ2n) is 4.03. The van der Waals surface area contributed by atoms with Crippen molar-refractivity contribution in [3.63, 3.8) is 0 Å². The Morgan fingerprint density at radius 2 is 2.44 bits per heavy atom. The number of thioether (sulfide) groups is 1. The molecule has 3 nitrogen and oxygen atoms in total. The molecule has 0 saturated carbocycles. The standard InChI is InChI=1S/C12H19N3S/c1-3-13-11-5-4-6-12(14-11)15-7-8-16-9-10(15)2/h4-6,10H,3,7-9H2,1-2H3,(H,13,14). The Morgan fingerprint density at radius 3 is 3.19 bits per heavy atom. The van der Waals surface area contributed by atoms with Gasteiger partial charge in [-0.05, 0) is 26.0 Å². The molecule has 1 fully saturated rings. The molecule has 1 aliphatic rings. The van der Waals surface area contributed by atoms with Gasteiger partial charge in [0, 0.05) is 30.6 Å². The fraction of sp³-hybridized carbons (Fsp3) is 0.583. The third kappa shape index (κ3) is 2.61. The van der Waals surface area contributed by atoms with Crippen LogP contribution in [0.4, 0.5) is 11.6 Å². The van der Waals surface area contributed by atoms with Crippen LogP contribution in [0.2, 0.25) is 0 Å². The molecule has 2 heterocycles. The first-order valence-corrected chi connectivity index (χ1v) is 7.02. The number of anilines is 2. The second kappa shape index (κ2) is 5.43. The van der Waals surface area contributed by atoms with Crippen LogP contribution in [0.15, 0.2) is 18.2 Å². The van der Waals surface area contributed by atoms with Crippen LogP contribution >= 0.6 is 11.8 Å². The zero-order chi connectivity index (χ0) is 11.4. The lowest BCUT2D eigenvalue weighted by Crippen LogP contribution is -2.40. The Bertz CT molecular complexity index is 343. The summed E-state index contributed by atoms with van der Waals surface area (Å²) in [6, 6.07) is 6.79. The van der Waals surface area contributed by atoms with Gasteiger partial charge in [0.25, 0.3) is 0 Å². The van der Waals surface area contributed by atoms with E-state index >= 15 is 0 Å². The van der Waals surface area contributed by atoms with Crippen LogP contribution in [-0.2, 0) is 0 Å². The van der Waals surface area contributed by atoms with Crippen molar-refractivity contribution in [2.75, 3.05) is 34.8 Å². The van der Waals surface area contributed by atoms with Crippen molar-refractivity contribution in [1.29, 1.82) is 0 Å². The Hall–Kier alpha value is -0.900. The highest BCUT2D eigenvalue weighted by Crippen LogP contribution is 2.23. The number of rotatable bonds is 3. The van der Waals surface area contributed by atoms with Crippen molar-refractivity contribution in [3.05, 3.63) is 18.2 Å². The molecule has 4 heteroatoms. The number of hydrogen-bond donors (Lipinski definition) is 1. The van der Waals surface area contributed by atoms with E-state index in [1.54, 1.807) is 0 Å². The quantitative estimate of drug-likeness (QED) is 0.874. The molecule has 16 heavy (non-hydrogen) atoms. The summed E-state index contributed by atoms with van der Waals surface area (Å²) in [6.45, 7) is 6.39. The van der Waals surface area contributed by atoms with Crippen LogP contribution in [0.3, 0.4) is 0 Å². The SMILES string of the molecule is CCNc1cccc(N2CCSCC2C)n1. The fourth-order valence-electron chi connectivity index (χ4n) is 1.93. The molecule has 88 valence electrons. The number of hydrogen-bond acceptors (Lipinski definition) is 4. The lowest BCUT2D eigenvalue weighted by atomic mass is 10.3. The summed E-state index contributed by atoms with van der Waals surface area (Å²) in [7, 11) is 0. The smallest absolute Gasteiger partial charge is 0.131 e. The van der Waals surface area contributed by atoms with Crippen LogP contribution in [0.1, 0.15) is 13.8 Å². The summed E-state index contributed by atoms with van der Waals surface area (Å²) in [6.07, 6.45) is 0. The number of nitrogens with zero attached hydrogens (tertiary/aromatic N) is 2. The summed E-state index contributed by atoms with van der Waals surface area (Å²) in [5, 5.41) is 3.26. The first-order valence-electron chi connectivity index (χ1n) is 5.86. The average Bonchev–Trinajstić information content (AvgIpc) is 2.30. The molecule has 0 amide bonds. The molecule has 1 aromatic heterocycles. The first-order chi connectivity index (χ1) is 7.81. The van der Waals surface area contributed by atoms with Crippen molar-refractivity contribution < 1.29 is 0 Å². The van der Waals surface area contributed by atoms with Crippen molar-refractivity contribution in [3.8, 4) is 0 Å². The maximum absolute atomic E-state index is 4.64. The molecule has 2 rings (SSSR count). The van der Waals surface area contributed by atoms with E-state index in [4.69, 9.17) is 0 Å². The highest BCUT2D eigenvalue weighted by Gasteiger charge is 2.19. The van der Waals surface area contributed by atoms with E-state index in [0.29, 0.717) is 6.04 Å². The van der Waals surface area contributed by atoms with Crippen LogP contribution in [0, 0.1) is 0 Å². The number of pyridine rings is 1. The van der Waals surface area contributed by atoms with E-state index in [2.05, 4.69) is 41.2 Å². The molecule has 0 aliphatic carbocycles. The van der Waals surface area contributed by atoms with E-state index in [1.807, 2.05) is 17.8 Å². The molecule has 1 saturated heterocycles. The Labute approximate surface area is 102 Å². The van der Waals surface area contributed by atoms with Crippen LogP contribution < -0.4 is 10.2 Å². The second-order valence-corrected chi connectivity index (χ2v) is 5.18. The van der Waals surface area contributed by atoms with Gasteiger partial charge in [-0.25, -0.2) is 4.98 Å². The molecule has 0 bridgehead atoms. The van der Waals surface area contributed by atoms with Crippen molar-refractivity contribution in [1.82, 2.24) is 4.98 Å². The van der Waals surface area contributed by atoms with Gasteiger partial charge in [-0.2, -0.15) is 11.8 Å². The summed E-state index contributed by atoms with van der Waals surface area (Å²) in [5.74, 6) is 4.49. The number of aromatic nitrogens is 1.